The molecule has 0 N–H and O–H groups in total. The van der Waals surface area contributed by atoms with Gasteiger partial charge >= 0.3 is 0 Å². The molecule has 2 rings (SSSR count). The highest BCUT2D eigenvalue weighted by Crippen LogP contribution is 2.30. The summed E-state index contributed by atoms with van der Waals surface area (Å²) in [5.74, 6) is 0.530. The first-order valence-electron chi connectivity index (χ1n) is 5.54. The highest BCUT2D eigenvalue weighted by molar-refractivity contribution is 7.88. The Morgan fingerprint density at radius 3 is 2.44 bits per heavy atom. The summed E-state index contributed by atoms with van der Waals surface area (Å²) in [5, 5.41) is 0. The van der Waals surface area contributed by atoms with Gasteiger partial charge in [-0.3, -0.25) is 0 Å². The topological polar surface area (TPSA) is 37.1 Å². The lowest BCUT2D eigenvalue weighted by molar-refractivity contribution is 0.517. The molecule has 0 aromatic heterocycles. The number of sulfonamides is 1. The predicted molar refractivity (Wildman–Crippen MR) is 64.4 cm³/mol. The molecule has 1 aliphatic rings. The minimum atomic E-state index is -3.10. The van der Waals surface area contributed by atoms with Crippen molar-refractivity contribution < 1.29 is 8.42 Å². The molecule has 1 fully saturated rings. The Kier molecular flexibility index (Phi) is 3.04. The number of rotatable bonds is 4. The minimum absolute atomic E-state index is 0.122. The Hall–Kier alpha value is -0.870. The van der Waals surface area contributed by atoms with Crippen molar-refractivity contribution in [1.82, 2.24) is 4.31 Å². The first kappa shape index (κ1) is 11.6. The van der Waals surface area contributed by atoms with Gasteiger partial charge in [0.15, 0.2) is 0 Å². The van der Waals surface area contributed by atoms with Crippen molar-refractivity contribution in [2.45, 2.75) is 25.6 Å². The van der Waals surface area contributed by atoms with E-state index in [0.29, 0.717) is 12.5 Å². The summed E-state index contributed by atoms with van der Waals surface area (Å²) in [6.45, 7) is 4.80. The van der Waals surface area contributed by atoms with Crippen LogP contribution in [0.15, 0.2) is 30.3 Å². The molecule has 3 nitrogen and oxygen atoms in total. The summed E-state index contributed by atoms with van der Waals surface area (Å²) in [4.78, 5) is 0. The van der Waals surface area contributed by atoms with Crippen LogP contribution in [-0.2, 0) is 15.8 Å². The van der Waals surface area contributed by atoms with Gasteiger partial charge in [0.25, 0.3) is 0 Å². The van der Waals surface area contributed by atoms with Crippen molar-refractivity contribution in [2.75, 3.05) is 6.54 Å². The fourth-order valence-corrected chi connectivity index (χ4v) is 3.68. The molecular formula is C12H17NO2S. The average Bonchev–Trinajstić information content (AvgIpc) is 2.98. The van der Waals surface area contributed by atoms with Crippen molar-refractivity contribution in [3.63, 3.8) is 0 Å². The maximum Gasteiger partial charge on any atom is 0.218 e. The summed E-state index contributed by atoms with van der Waals surface area (Å²) in [6, 6.07) is 9.55. The molecule has 0 spiro atoms. The third-order valence-electron chi connectivity index (χ3n) is 2.92. The molecule has 1 aromatic rings. The second-order valence-electron chi connectivity index (χ2n) is 4.62. The monoisotopic (exact) mass is 239 g/mol. The van der Waals surface area contributed by atoms with Gasteiger partial charge in [-0.25, -0.2) is 8.42 Å². The van der Waals surface area contributed by atoms with Crippen molar-refractivity contribution in [3.8, 4) is 0 Å². The maximum absolute atomic E-state index is 12.0. The van der Waals surface area contributed by atoms with Gasteiger partial charge in [0, 0.05) is 12.6 Å². The Morgan fingerprint density at radius 2 is 1.94 bits per heavy atom. The Morgan fingerprint density at radius 1 is 1.31 bits per heavy atom. The van der Waals surface area contributed by atoms with Crippen LogP contribution in [0.5, 0.6) is 0 Å². The molecule has 1 saturated heterocycles. The zero-order valence-corrected chi connectivity index (χ0v) is 10.4. The smallest absolute Gasteiger partial charge is 0.212 e. The third-order valence-corrected chi connectivity index (χ3v) is 4.75. The maximum atomic E-state index is 12.0. The highest BCUT2D eigenvalue weighted by atomic mass is 32.2. The summed E-state index contributed by atoms with van der Waals surface area (Å²) in [6.07, 6.45) is 0. The Bertz CT molecular complexity index is 453. The van der Waals surface area contributed by atoms with Crippen LogP contribution in [0, 0.1) is 5.92 Å². The van der Waals surface area contributed by atoms with Crippen LogP contribution in [0.2, 0.25) is 0 Å². The van der Waals surface area contributed by atoms with Gasteiger partial charge in [0.05, 0.1) is 5.75 Å². The van der Waals surface area contributed by atoms with Crippen LogP contribution in [0.25, 0.3) is 0 Å². The van der Waals surface area contributed by atoms with Crippen molar-refractivity contribution in [2.24, 2.45) is 5.92 Å². The normalized spacial score (nSPS) is 24.7. The molecule has 2 atom stereocenters. The van der Waals surface area contributed by atoms with Gasteiger partial charge in [-0.2, -0.15) is 4.31 Å². The van der Waals surface area contributed by atoms with Crippen LogP contribution < -0.4 is 0 Å². The second kappa shape index (κ2) is 4.18. The van der Waals surface area contributed by atoms with E-state index in [4.69, 9.17) is 0 Å². The predicted octanol–water partition coefficient (Wildman–Crippen LogP) is 1.86. The van der Waals surface area contributed by atoms with Crippen LogP contribution in [0.4, 0.5) is 0 Å². The lowest BCUT2D eigenvalue weighted by Crippen LogP contribution is -2.18. The zero-order chi connectivity index (χ0) is 11.8. The number of benzene rings is 1. The molecular weight excluding hydrogens is 222 g/mol. The van der Waals surface area contributed by atoms with Crippen molar-refractivity contribution in [3.05, 3.63) is 35.9 Å². The molecule has 0 amide bonds. The molecule has 1 aromatic carbocycles. The van der Waals surface area contributed by atoms with E-state index in [1.165, 1.54) is 0 Å². The van der Waals surface area contributed by atoms with Gasteiger partial charge in [0.1, 0.15) is 0 Å². The number of nitrogens with zero attached hydrogens (tertiary/aromatic N) is 1. The summed E-state index contributed by atoms with van der Waals surface area (Å²) in [7, 11) is -3.10. The van der Waals surface area contributed by atoms with Crippen LogP contribution in [0.1, 0.15) is 19.4 Å². The molecule has 0 bridgehead atoms. The molecule has 1 heterocycles. The van der Waals surface area contributed by atoms with E-state index in [2.05, 4.69) is 13.8 Å². The molecule has 16 heavy (non-hydrogen) atoms. The van der Waals surface area contributed by atoms with E-state index in [9.17, 15) is 8.42 Å². The SMILES string of the molecule is CC(C)C1CN1S(=O)(=O)Cc1ccccc1. The van der Waals surface area contributed by atoms with E-state index in [-0.39, 0.29) is 11.8 Å². The van der Waals surface area contributed by atoms with E-state index in [0.717, 1.165) is 5.56 Å². The quantitative estimate of drug-likeness (QED) is 0.752. The summed E-state index contributed by atoms with van der Waals surface area (Å²) in [5.41, 5.74) is 0.858. The molecule has 1 aliphatic heterocycles. The Labute approximate surface area is 97.1 Å². The number of hydrogen-bond donors (Lipinski definition) is 0. The van der Waals surface area contributed by atoms with E-state index in [1.807, 2.05) is 30.3 Å². The Balaban J connectivity index is 2.06. The van der Waals surface area contributed by atoms with E-state index < -0.39 is 10.0 Å². The van der Waals surface area contributed by atoms with Gasteiger partial charge in [0.2, 0.25) is 10.0 Å². The van der Waals surface area contributed by atoms with Gasteiger partial charge in [-0.15, -0.1) is 0 Å². The zero-order valence-electron chi connectivity index (χ0n) is 9.63. The molecule has 0 radical (unpaired) electrons. The summed E-state index contributed by atoms with van der Waals surface area (Å²) >= 11 is 0. The van der Waals surface area contributed by atoms with Gasteiger partial charge in [-0.05, 0) is 11.5 Å². The molecule has 88 valence electrons. The first-order chi connectivity index (χ1) is 7.50. The van der Waals surface area contributed by atoms with Crippen molar-refractivity contribution >= 4 is 10.0 Å². The largest absolute Gasteiger partial charge is 0.218 e. The fourth-order valence-electron chi connectivity index (χ4n) is 1.87. The van der Waals surface area contributed by atoms with E-state index in [1.54, 1.807) is 4.31 Å². The van der Waals surface area contributed by atoms with Crippen LogP contribution >= 0.6 is 0 Å². The molecule has 4 heteroatoms. The molecule has 2 unspecified atom stereocenters. The lowest BCUT2D eigenvalue weighted by atomic mass is 10.1. The summed E-state index contributed by atoms with van der Waals surface area (Å²) < 4.78 is 25.6. The molecule has 0 aliphatic carbocycles. The average molecular weight is 239 g/mol. The lowest BCUT2D eigenvalue weighted by Gasteiger charge is -2.07. The standard InChI is InChI=1S/C12H17NO2S/c1-10(2)12-8-13(12)16(14,15)9-11-6-4-3-5-7-11/h3-7,10,12H,8-9H2,1-2H3. The van der Waals surface area contributed by atoms with Crippen molar-refractivity contribution in [1.29, 1.82) is 0 Å². The first-order valence-corrected chi connectivity index (χ1v) is 7.15. The van der Waals surface area contributed by atoms with Crippen LogP contribution in [-0.4, -0.2) is 25.3 Å². The number of hydrogen-bond acceptors (Lipinski definition) is 2. The van der Waals surface area contributed by atoms with Crippen LogP contribution in [0.3, 0.4) is 0 Å². The molecule has 0 saturated carbocycles. The highest BCUT2D eigenvalue weighted by Gasteiger charge is 2.45. The third kappa shape index (κ3) is 2.44. The van der Waals surface area contributed by atoms with E-state index >= 15 is 0 Å². The minimum Gasteiger partial charge on any atom is -0.212 e. The second-order valence-corrected chi connectivity index (χ2v) is 6.54. The fraction of sp³-hybridized carbons (Fsp3) is 0.500. The van der Waals surface area contributed by atoms with Gasteiger partial charge < -0.3 is 0 Å². The van der Waals surface area contributed by atoms with Gasteiger partial charge in [-0.1, -0.05) is 44.2 Å².